The summed E-state index contributed by atoms with van der Waals surface area (Å²) in [4.78, 5) is 18.9. The summed E-state index contributed by atoms with van der Waals surface area (Å²) in [5.74, 6) is -0.662. The number of hydrogen-bond donors (Lipinski definition) is 1. The fourth-order valence-corrected chi connectivity index (χ4v) is 3.78. The molecule has 1 aliphatic heterocycles. The van der Waals surface area contributed by atoms with Crippen LogP contribution in [-0.4, -0.2) is 44.7 Å². The Morgan fingerprint density at radius 3 is 2.81 bits per heavy atom. The topological polar surface area (TPSA) is 101 Å². The Morgan fingerprint density at radius 1 is 1.32 bits per heavy atom. The summed E-state index contributed by atoms with van der Waals surface area (Å²) in [5, 5.41) is 13.6. The van der Waals surface area contributed by atoms with Crippen LogP contribution in [0, 0.1) is 24.1 Å². The Hall–Kier alpha value is -3.57. The average molecular weight is 418 g/mol. The minimum atomic E-state index is -0.610. The lowest BCUT2D eigenvalue weighted by atomic mass is 10.0. The number of benzene rings is 1. The molecule has 0 radical (unpaired) electrons. The summed E-state index contributed by atoms with van der Waals surface area (Å²) in [5.41, 5.74) is 9.45. The highest BCUT2D eigenvalue weighted by atomic mass is 19.1. The molecule has 1 unspecified atom stereocenters. The Labute approximate surface area is 179 Å². The summed E-state index contributed by atoms with van der Waals surface area (Å²) in [6.45, 7) is 3.20. The van der Waals surface area contributed by atoms with Crippen molar-refractivity contribution in [1.29, 1.82) is 5.26 Å². The minimum absolute atomic E-state index is 0.00157. The van der Waals surface area contributed by atoms with Gasteiger partial charge >= 0.3 is 0 Å². The number of piperidine rings is 1. The number of nitrogens with zero attached hydrogens (tertiary/aromatic N) is 5. The average Bonchev–Trinajstić information content (AvgIpc) is 3.18. The number of nitrogens with two attached hydrogens (primary N) is 1. The van der Waals surface area contributed by atoms with E-state index in [9.17, 15) is 9.18 Å². The summed E-state index contributed by atoms with van der Waals surface area (Å²) < 4.78 is 15.9. The lowest BCUT2D eigenvalue weighted by Crippen LogP contribution is -2.46. The second-order valence-corrected chi connectivity index (χ2v) is 7.83. The van der Waals surface area contributed by atoms with Crippen LogP contribution in [0.4, 0.5) is 4.39 Å². The molecule has 1 amide bonds. The molecule has 1 atom stereocenters. The third-order valence-corrected chi connectivity index (χ3v) is 5.45. The van der Waals surface area contributed by atoms with Crippen molar-refractivity contribution in [3.8, 4) is 28.5 Å². The van der Waals surface area contributed by atoms with E-state index < -0.39 is 5.82 Å². The second-order valence-electron chi connectivity index (χ2n) is 7.83. The number of halogens is 1. The molecule has 2 N–H and O–H groups in total. The van der Waals surface area contributed by atoms with E-state index in [1.165, 1.54) is 12.1 Å². The molecular weight excluding hydrogens is 395 g/mol. The standard InChI is InChI=1S/C23H23FN6O/c1-15-4-5-18(11-27-15)20-13-30(14-22(31)29-8-2-3-19(26)12-29)28-23(20)16-6-7-17(10-25)21(24)9-16/h4-7,9,11,13,19H,2-3,8,12,14,26H2,1H3. The van der Waals surface area contributed by atoms with Crippen molar-refractivity contribution in [3.05, 3.63) is 59.8 Å². The van der Waals surface area contributed by atoms with Gasteiger partial charge in [-0.05, 0) is 38.0 Å². The Bertz CT molecular complexity index is 1150. The molecule has 1 saturated heterocycles. The van der Waals surface area contributed by atoms with E-state index in [0.717, 1.165) is 29.7 Å². The molecule has 7 nitrogen and oxygen atoms in total. The lowest BCUT2D eigenvalue weighted by molar-refractivity contribution is -0.133. The fourth-order valence-electron chi connectivity index (χ4n) is 3.78. The molecule has 4 rings (SSSR count). The summed E-state index contributed by atoms with van der Waals surface area (Å²) in [7, 11) is 0. The number of pyridine rings is 1. The van der Waals surface area contributed by atoms with E-state index >= 15 is 0 Å². The summed E-state index contributed by atoms with van der Waals surface area (Å²) in [6, 6.07) is 10.0. The van der Waals surface area contributed by atoms with E-state index in [-0.39, 0.29) is 24.1 Å². The van der Waals surface area contributed by atoms with Gasteiger partial charge in [0, 0.05) is 53.9 Å². The zero-order valence-corrected chi connectivity index (χ0v) is 17.3. The zero-order valence-electron chi connectivity index (χ0n) is 17.3. The van der Waals surface area contributed by atoms with Crippen molar-refractivity contribution in [2.45, 2.75) is 32.4 Å². The molecule has 1 aliphatic rings. The number of likely N-dealkylation sites (tertiary alicyclic amines) is 1. The first-order valence-electron chi connectivity index (χ1n) is 10.2. The van der Waals surface area contributed by atoms with Gasteiger partial charge in [-0.3, -0.25) is 14.5 Å². The fraction of sp³-hybridized carbons (Fsp3) is 0.304. The van der Waals surface area contributed by atoms with E-state index in [0.29, 0.717) is 24.3 Å². The van der Waals surface area contributed by atoms with Gasteiger partial charge in [0.15, 0.2) is 0 Å². The van der Waals surface area contributed by atoms with Crippen molar-refractivity contribution < 1.29 is 9.18 Å². The number of carbonyl (C=O) groups is 1. The smallest absolute Gasteiger partial charge is 0.244 e. The number of aromatic nitrogens is 3. The highest BCUT2D eigenvalue weighted by Gasteiger charge is 2.23. The molecule has 158 valence electrons. The highest BCUT2D eigenvalue weighted by Crippen LogP contribution is 2.31. The number of amides is 1. The van der Waals surface area contributed by atoms with Gasteiger partial charge in [-0.2, -0.15) is 10.4 Å². The molecule has 31 heavy (non-hydrogen) atoms. The predicted octanol–water partition coefficient (Wildman–Crippen LogP) is 2.88. The number of rotatable bonds is 4. The number of hydrogen-bond acceptors (Lipinski definition) is 5. The maximum atomic E-state index is 14.3. The molecule has 0 bridgehead atoms. The molecule has 0 saturated carbocycles. The normalized spacial score (nSPS) is 16.2. The molecule has 1 aromatic carbocycles. The van der Waals surface area contributed by atoms with Gasteiger partial charge in [0.2, 0.25) is 5.91 Å². The quantitative estimate of drug-likeness (QED) is 0.702. The molecule has 0 aliphatic carbocycles. The third-order valence-electron chi connectivity index (χ3n) is 5.45. The van der Waals surface area contributed by atoms with E-state index in [4.69, 9.17) is 11.0 Å². The van der Waals surface area contributed by atoms with Gasteiger partial charge in [0.05, 0.1) is 5.56 Å². The van der Waals surface area contributed by atoms with Crippen LogP contribution in [0.15, 0.2) is 42.7 Å². The predicted molar refractivity (Wildman–Crippen MR) is 114 cm³/mol. The van der Waals surface area contributed by atoms with E-state index in [2.05, 4.69) is 10.1 Å². The molecule has 3 heterocycles. The summed E-state index contributed by atoms with van der Waals surface area (Å²) >= 11 is 0. The minimum Gasteiger partial charge on any atom is -0.340 e. The van der Waals surface area contributed by atoms with Gasteiger partial charge in [0.25, 0.3) is 0 Å². The maximum Gasteiger partial charge on any atom is 0.244 e. The molecule has 1 fully saturated rings. The molecule has 2 aromatic heterocycles. The van der Waals surface area contributed by atoms with Crippen LogP contribution in [-0.2, 0) is 11.3 Å². The lowest BCUT2D eigenvalue weighted by Gasteiger charge is -2.30. The van der Waals surface area contributed by atoms with Crippen LogP contribution in [0.25, 0.3) is 22.4 Å². The monoisotopic (exact) mass is 418 g/mol. The van der Waals surface area contributed by atoms with Crippen LogP contribution < -0.4 is 5.73 Å². The largest absolute Gasteiger partial charge is 0.340 e. The zero-order chi connectivity index (χ0) is 22.0. The van der Waals surface area contributed by atoms with Gasteiger partial charge in [-0.15, -0.1) is 0 Å². The van der Waals surface area contributed by atoms with Crippen molar-refractivity contribution in [3.63, 3.8) is 0 Å². The van der Waals surface area contributed by atoms with E-state index in [1.54, 1.807) is 28.0 Å². The maximum absolute atomic E-state index is 14.3. The van der Waals surface area contributed by atoms with Crippen LogP contribution in [0.2, 0.25) is 0 Å². The van der Waals surface area contributed by atoms with Crippen LogP contribution in [0.5, 0.6) is 0 Å². The van der Waals surface area contributed by atoms with Gasteiger partial charge < -0.3 is 10.6 Å². The number of carbonyl (C=O) groups excluding carboxylic acids is 1. The van der Waals surface area contributed by atoms with Crippen molar-refractivity contribution >= 4 is 5.91 Å². The molecular formula is C23H23FN6O. The molecule has 8 heteroatoms. The van der Waals surface area contributed by atoms with Gasteiger partial charge in [-0.1, -0.05) is 12.1 Å². The van der Waals surface area contributed by atoms with Crippen molar-refractivity contribution in [2.24, 2.45) is 5.73 Å². The Balaban J connectivity index is 1.70. The second kappa shape index (κ2) is 8.66. The number of nitriles is 1. The van der Waals surface area contributed by atoms with Crippen molar-refractivity contribution in [1.82, 2.24) is 19.7 Å². The number of aryl methyl sites for hydroxylation is 1. The SMILES string of the molecule is Cc1ccc(-c2cn(CC(=O)N3CCCC(N)C3)nc2-c2ccc(C#N)c(F)c2)cn1. The van der Waals surface area contributed by atoms with Gasteiger partial charge in [-0.25, -0.2) is 4.39 Å². The highest BCUT2D eigenvalue weighted by molar-refractivity contribution is 5.81. The molecule has 3 aromatic rings. The van der Waals surface area contributed by atoms with Gasteiger partial charge in [0.1, 0.15) is 24.1 Å². The first-order valence-corrected chi connectivity index (χ1v) is 10.2. The van der Waals surface area contributed by atoms with Crippen LogP contribution in [0.3, 0.4) is 0 Å². The van der Waals surface area contributed by atoms with Crippen LogP contribution >= 0.6 is 0 Å². The van der Waals surface area contributed by atoms with Crippen LogP contribution in [0.1, 0.15) is 24.1 Å². The Morgan fingerprint density at radius 2 is 2.13 bits per heavy atom. The molecule has 0 spiro atoms. The third kappa shape index (κ3) is 4.47. The first-order chi connectivity index (χ1) is 14.9. The van der Waals surface area contributed by atoms with Crippen molar-refractivity contribution in [2.75, 3.05) is 13.1 Å². The first kappa shape index (κ1) is 20.7. The van der Waals surface area contributed by atoms with E-state index in [1.807, 2.05) is 25.1 Å². The summed E-state index contributed by atoms with van der Waals surface area (Å²) in [6.07, 6.45) is 5.32. The Kier molecular flexibility index (Phi) is 5.78.